The van der Waals surface area contributed by atoms with Gasteiger partial charge in [-0.15, -0.1) is 0 Å². The normalized spacial score (nSPS) is 22.3. The first-order chi connectivity index (χ1) is 12.3. The molecule has 140 valence electrons. The molecule has 2 atom stereocenters. The number of hydrogen-bond donors (Lipinski definition) is 0. The van der Waals surface area contributed by atoms with E-state index in [9.17, 15) is 9.59 Å². The van der Waals surface area contributed by atoms with E-state index in [0.717, 1.165) is 48.1 Å². The Kier molecular flexibility index (Phi) is 5.08. The number of benzene rings is 1. The quantitative estimate of drug-likeness (QED) is 0.817. The molecule has 0 spiro atoms. The van der Waals surface area contributed by atoms with E-state index in [-0.39, 0.29) is 17.6 Å². The lowest BCUT2D eigenvalue weighted by Crippen LogP contribution is -2.26. The monoisotopic (exact) mass is 357 g/mol. The topological polar surface area (TPSA) is 55.8 Å². The standard InChI is InChI=1S/C21H27NO4/c1-12-10-14(25-5)11-13(2)17(12)18-19(23)15-8-6-7-9-16(15)20(18)26-21(24)22(3)4/h10-11,15-16H,6-9H2,1-5H3. The van der Waals surface area contributed by atoms with Gasteiger partial charge in [-0.2, -0.15) is 0 Å². The fraction of sp³-hybridized carbons (Fsp3) is 0.524. The van der Waals surface area contributed by atoms with E-state index < -0.39 is 6.09 Å². The molecule has 2 unspecified atom stereocenters. The van der Waals surface area contributed by atoms with Crippen LogP contribution in [0.1, 0.15) is 42.4 Å². The molecule has 1 aromatic rings. The highest BCUT2D eigenvalue weighted by atomic mass is 16.6. The van der Waals surface area contributed by atoms with E-state index in [2.05, 4.69) is 0 Å². The zero-order valence-electron chi connectivity index (χ0n) is 16.2. The van der Waals surface area contributed by atoms with Gasteiger partial charge in [0.2, 0.25) is 0 Å². The molecular weight excluding hydrogens is 330 g/mol. The average Bonchev–Trinajstić information content (AvgIpc) is 2.87. The van der Waals surface area contributed by atoms with Crippen molar-refractivity contribution >= 4 is 17.4 Å². The van der Waals surface area contributed by atoms with Gasteiger partial charge in [0, 0.05) is 25.9 Å². The fourth-order valence-electron chi connectivity index (χ4n) is 4.25. The van der Waals surface area contributed by atoms with Crippen LogP contribution >= 0.6 is 0 Å². The molecule has 0 N–H and O–H groups in total. The van der Waals surface area contributed by atoms with Crippen LogP contribution in [0.4, 0.5) is 4.79 Å². The summed E-state index contributed by atoms with van der Waals surface area (Å²) in [5, 5.41) is 0. The first-order valence-corrected chi connectivity index (χ1v) is 9.18. The van der Waals surface area contributed by atoms with Gasteiger partial charge in [0.15, 0.2) is 5.78 Å². The number of Topliss-reactive ketones (excluding diaryl/α,β-unsaturated/α-hetero) is 1. The predicted molar refractivity (Wildman–Crippen MR) is 100 cm³/mol. The van der Waals surface area contributed by atoms with Crippen LogP contribution in [0.15, 0.2) is 17.9 Å². The van der Waals surface area contributed by atoms with Crippen LogP contribution in [-0.2, 0) is 9.53 Å². The van der Waals surface area contributed by atoms with Crippen LogP contribution in [-0.4, -0.2) is 38.0 Å². The number of amides is 1. The van der Waals surface area contributed by atoms with Gasteiger partial charge < -0.3 is 14.4 Å². The molecular formula is C21H27NO4. The van der Waals surface area contributed by atoms with E-state index in [4.69, 9.17) is 9.47 Å². The van der Waals surface area contributed by atoms with E-state index >= 15 is 0 Å². The Labute approximate surface area is 155 Å². The SMILES string of the molecule is COc1cc(C)c(C2=C(OC(=O)N(C)C)C3CCCCC3C2=O)c(C)c1. The van der Waals surface area contributed by atoms with E-state index in [1.54, 1.807) is 21.2 Å². The van der Waals surface area contributed by atoms with Crippen molar-refractivity contribution in [2.45, 2.75) is 39.5 Å². The average molecular weight is 357 g/mol. The lowest BCUT2D eigenvalue weighted by atomic mass is 9.80. The van der Waals surface area contributed by atoms with Gasteiger partial charge in [-0.25, -0.2) is 4.79 Å². The van der Waals surface area contributed by atoms with Crippen LogP contribution in [0.25, 0.3) is 5.57 Å². The van der Waals surface area contributed by atoms with Crippen molar-refractivity contribution in [3.8, 4) is 5.75 Å². The molecule has 2 aliphatic rings. The Morgan fingerprint density at radius 3 is 2.19 bits per heavy atom. The Hall–Kier alpha value is -2.30. The highest BCUT2D eigenvalue weighted by molar-refractivity contribution is 6.25. The highest BCUT2D eigenvalue weighted by Gasteiger charge is 2.46. The first-order valence-electron chi connectivity index (χ1n) is 9.18. The van der Waals surface area contributed by atoms with Gasteiger partial charge in [0.1, 0.15) is 11.5 Å². The minimum atomic E-state index is -0.430. The van der Waals surface area contributed by atoms with E-state index in [1.165, 1.54) is 4.90 Å². The third-order valence-corrected chi connectivity index (χ3v) is 5.49. The zero-order chi connectivity index (χ0) is 19.0. The number of fused-ring (bicyclic) bond motifs is 1. The third-order valence-electron chi connectivity index (χ3n) is 5.49. The van der Waals surface area contributed by atoms with Gasteiger partial charge in [-0.3, -0.25) is 4.79 Å². The van der Waals surface area contributed by atoms with Crippen molar-refractivity contribution in [1.29, 1.82) is 0 Å². The Bertz CT molecular complexity index is 755. The van der Waals surface area contributed by atoms with Gasteiger partial charge in [0.25, 0.3) is 0 Å². The molecule has 5 nitrogen and oxygen atoms in total. The Morgan fingerprint density at radius 2 is 1.65 bits per heavy atom. The number of hydrogen-bond acceptors (Lipinski definition) is 4. The van der Waals surface area contributed by atoms with Crippen molar-refractivity contribution in [1.82, 2.24) is 4.90 Å². The Morgan fingerprint density at radius 1 is 1.08 bits per heavy atom. The third kappa shape index (κ3) is 3.11. The summed E-state index contributed by atoms with van der Waals surface area (Å²) in [5.41, 5.74) is 3.39. The maximum absolute atomic E-state index is 13.3. The predicted octanol–water partition coefficient (Wildman–Crippen LogP) is 4.11. The fourth-order valence-corrected chi connectivity index (χ4v) is 4.25. The summed E-state index contributed by atoms with van der Waals surface area (Å²) in [6.07, 6.45) is 3.44. The van der Waals surface area contributed by atoms with Crippen molar-refractivity contribution in [2.75, 3.05) is 21.2 Å². The van der Waals surface area contributed by atoms with Gasteiger partial charge in [0.05, 0.1) is 12.7 Å². The molecule has 26 heavy (non-hydrogen) atoms. The minimum absolute atomic E-state index is 0.0102. The lowest BCUT2D eigenvalue weighted by molar-refractivity contribution is -0.118. The second kappa shape index (κ2) is 7.14. The number of aryl methyl sites for hydroxylation is 2. The number of nitrogens with zero attached hydrogens (tertiary/aromatic N) is 1. The molecule has 0 radical (unpaired) electrons. The highest BCUT2D eigenvalue weighted by Crippen LogP contribution is 2.48. The molecule has 1 amide bonds. The molecule has 0 heterocycles. The summed E-state index contributed by atoms with van der Waals surface area (Å²) >= 11 is 0. The van der Waals surface area contributed by atoms with Crippen LogP contribution in [0.3, 0.4) is 0 Å². The summed E-state index contributed by atoms with van der Waals surface area (Å²) < 4.78 is 11.1. The maximum Gasteiger partial charge on any atom is 0.414 e. The molecule has 2 aliphatic carbocycles. The zero-order valence-corrected chi connectivity index (χ0v) is 16.2. The number of rotatable bonds is 3. The van der Waals surface area contributed by atoms with E-state index in [0.29, 0.717) is 11.3 Å². The summed E-state index contributed by atoms with van der Waals surface area (Å²) in [6, 6.07) is 3.85. The van der Waals surface area contributed by atoms with Crippen molar-refractivity contribution < 1.29 is 19.1 Å². The Balaban J connectivity index is 2.15. The molecule has 0 aromatic heterocycles. The number of ether oxygens (including phenoxy) is 2. The molecule has 0 saturated heterocycles. The molecule has 5 heteroatoms. The number of methoxy groups -OCH3 is 1. The van der Waals surface area contributed by atoms with Gasteiger partial charge in [-0.05, 0) is 55.5 Å². The van der Waals surface area contributed by atoms with Crippen molar-refractivity contribution in [2.24, 2.45) is 11.8 Å². The van der Waals surface area contributed by atoms with Crippen molar-refractivity contribution in [3.63, 3.8) is 0 Å². The number of ketones is 1. The first kappa shape index (κ1) is 18.5. The largest absolute Gasteiger partial charge is 0.497 e. The number of carbonyl (C=O) groups excluding carboxylic acids is 2. The minimum Gasteiger partial charge on any atom is -0.497 e. The molecule has 0 bridgehead atoms. The maximum atomic E-state index is 13.3. The van der Waals surface area contributed by atoms with Gasteiger partial charge >= 0.3 is 6.09 Å². The molecule has 1 fully saturated rings. The molecule has 1 saturated carbocycles. The summed E-state index contributed by atoms with van der Waals surface area (Å²) in [5.74, 6) is 1.39. The lowest BCUT2D eigenvalue weighted by Gasteiger charge is -2.26. The second-order valence-electron chi connectivity index (χ2n) is 7.50. The van der Waals surface area contributed by atoms with Crippen LogP contribution in [0.5, 0.6) is 5.75 Å². The molecule has 3 rings (SSSR count). The smallest absolute Gasteiger partial charge is 0.414 e. The second-order valence-corrected chi connectivity index (χ2v) is 7.50. The summed E-state index contributed by atoms with van der Waals surface area (Å²) in [6.45, 7) is 3.94. The van der Waals surface area contributed by atoms with Gasteiger partial charge in [-0.1, -0.05) is 12.8 Å². The van der Waals surface area contributed by atoms with Crippen LogP contribution in [0, 0.1) is 25.7 Å². The number of allylic oxidation sites excluding steroid dienone is 2. The summed E-state index contributed by atoms with van der Waals surface area (Å²) in [4.78, 5) is 26.9. The molecule has 1 aromatic carbocycles. The summed E-state index contributed by atoms with van der Waals surface area (Å²) in [7, 11) is 4.94. The number of carbonyl (C=O) groups is 2. The molecule has 0 aliphatic heterocycles. The van der Waals surface area contributed by atoms with E-state index in [1.807, 2.05) is 26.0 Å². The van der Waals surface area contributed by atoms with Crippen LogP contribution in [0.2, 0.25) is 0 Å². The van der Waals surface area contributed by atoms with Crippen molar-refractivity contribution in [3.05, 3.63) is 34.6 Å². The van der Waals surface area contributed by atoms with Crippen LogP contribution < -0.4 is 4.74 Å².